The summed E-state index contributed by atoms with van der Waals surface area (Å²) in [5.74, 6) is -0.165. The van der Waals surface area contributed by atoms with Crippen LogP contribution in [-0.2, 0) is 0 Å². The van der Waals surface area contributed by atoms with Crippen molar-refractivity contribution < 1.29 is 4.79 Å². The third-order valence-corrected chi connectivity index (χ3v) is 4.23. The van der Waals surface area contributed by atoms with E-state index in [2.05, 4.69) is 4.99 Å². The average Bonchev–Trinajstić information content (AvgIpc) is 2.65. The molecule has 26 heavy (non-hydrogen) atoms. The van der Waals surface area contributed by atoms with E-state index < -0.39 is 0 Å². The van der Waals surface area contributed by atoms with Gasteiger partial charge >= 0.3 is 0 Å². The van der Waals surface area contributed by atoms with Gasteiger partial charge in [0.15, 0.2) is 0 Å². The summed E-state index contributed by atoms with van der Waals surface area (Å²) in [4.78, 5) is 19.0. The number of halogens is 1. The fourth-order valence-corrected chi connectivity index (χ4v) is 2.55. The van der Waals surface area contributed by atoms with Crippen molar-refractivity contribution in [1.82, 2.24) is 0 Å². The second-order valence-electron chi connectivity index (χ2n) is 6.10. The molecular weight excluding hydrogens is 344 g/mol. The van der Waals surface area contributed by atoms with Crippen LogP contribution in [0.15, 0.2) is 77.8 Å². The van der Waals surface area contributed by atoms with Gasteiger partial charge in [0.1, 0.15) is 6.34 Å². The molecule has 0 heterocycles. The maximum atomic E-state index is 13.0. The van der Waals surface area contributed by atoms with Gasteiger partial charge in [0.25, 0.3) is 5.91 Å². The number of amides is 1. The molecule has 0 spiro atoms. The first kappa shape index (κ1) is 17.9. The molecule has 0 aliphatic carbocycles. The Labute approximate surface area is 158 Å². The lowest BCUT2D eigenvalue weighted by Gasteiger charge is -2.18. The number of aryl methyl sites for hydroxylation is 2. The Kier molecular flexibility index (Phi) is 5.49. The highest BCUT2D eigenvalue weighted by Gasteiger charge is 2.16. The molecule has 0 unspecified atom stereocenters. The van der Waals surface area contributed by atoms with E-state index in [9.17, 15) is 4.79 Å². The van der Waals surface area contributed by atoms with Crippen LogP contribution in [0.2, 0.25) is 5.02 Å². The minimum atomic E-state index is -0.165. The van der Waals surface area contributed by atoms with Gasteiger partial charge in [-0.15, -0.1) is 0 Å². The highest BCUT2D eigenvalue weighted by Crippen LogP contribution is 2.20. The molecule has 0 saturated carbocycles. The van der Waals surface area contributed by atoms with Crippen LogP contribution in [0.3, 0.4) is 0 Å². The first-order valence-electron chi connectivity index (χ1n) is 8.29. The van der Waals surface area contributed by atoms with Crippen LogP contribution in [0.1, 0.15) is 21.5 Å². The Morgan fingerprint density at radius 1 is 0.846 bits per heavy atom. The first-order chi connectivity index (χ1) is 12.5. The van der Waals surface area contributed by atoms with Crippen molar-refractivity contribution in [2.45, 2.75) is 13.8 Å². The van der Waals surface area contributed by atoms with Gasteiger partial charge in [0.05, 0.1) is 11.4 Å². The Morgan fingerprint density at radius 2 is 1.38 bits per heavy atom. The van der Waals surface area contributed by atoms with Crippen LogP contribution in [0.5, 0.6) is 0 Å². The molecule has 0 fully saturated rings. The minimum absolute atomic E-state index is 0.165. The highest BCUT2D eigenvalue weighted by molar-refractivity contribution is 6.30. The summed E-state index contributed by atoms with van der Waals surface area (Å²) in [5.41, 5.74) is 4.38. The summed E-state index contributed by atoms with van der Waals surface area (Å²) in [7, 11) is 0. The monoisotopic (exact) mass is 362 g/mol. The fourth-order valence-electron chi connectivity index (χ4n) is 2.43. The smallest absolute Gasteiger partial charge is 0.263 e. The Hall–Kier alpha value is -2.91. The molecule has 0 aliphatic rings. The number of hydrogen-bond donors (Lipinski definition) is 0. The van der Waals surface area contributed by atoms with E-state index in [1.165, 1.54) is 0 Å². The van der Waals surface area contributed by atoms with Crippen LogP contribution >= 0.6 is 11.6 Å². The lowest BCUT2D eigenvalue weighted by Crippen LogP contribution is -2.29. The van der Waals surface area contributed by atoms with Gasteiger partial charge in [-0.05, 0) is 62.4 Å². The standard InChI is InChI=1S/C22H19ClN2O/c1-16-3-11-20(12-4-16)24-15-25(21-13-5-17(2)6-14-21)22(26)18-7-9-19(23)10-8-18/h3-15H,1-2H3. The van der Waals surface area contributed by atoms with Gasteiger partial charge in [-0.25, -0.2) is 4.99 Å². The molecule has 0 N–H and O–H groups in total. The van der Waals surface area contributed by atoms with Crippen LogP contribution in [0.4, 0.5) is 11.4 Å². The molecule has 0 aliphatic heterocycles. The zero-order chi connectivity index (χ0) is 18.5. The van der Waals surface area contributed by atoms with Gasteiger partial charge in [-0.1, -0.05) is 47.0 Å². The summed E-state index contributed by atoms with van der Waals surface area (Å²) in [5, 5.41) is 0.594. The Balaban J connectivity index is 1.95. The van der Waals surface area contributed by atoms with E-state index in [1.54, 1.807) is 35.5 Å². The zero-order valence-corrected chi connectivity index (χ0v) is 15.4. The number of carbonyl (C=O) groups excluding carboxylic acids is 1. The summed E-state index contributed by atoms with van der Waals surface area (Å²) < 4.78 is 0. The number of hydrogen-bond acceptors (Lipinski definition) is 2. The van der Waals surface area contributed by atoms with Crippen molar-refractivity contribution in [1.29, 1.82) is 0 Å². The molecule has 130 valence electrons. The van der Waals surface area contributed by atoms with Crippen molar-refractivity contribution in [3.8, 4) is 0 Å². The van der Waals surface area contributed by atoms with Crippen LogP contribution in [0, 0.1) is 13.8 Å². The second-order valence-corrected chi connectivity index (χ2v) is 6.53. The predicted octanol–water partition coefficient (Wildman–Crippen LogP) is 5.96. The molecule has 3 aromatic rings. The maximum absolute atomic E-state index is 13.0. The third-order valence-electron chi connectivity index (χ3n) is 3.98. The van der Waals surface area contributed by atoms with Crippen molar-refractivity contribution >= 4 is 35.2 Å². The second kappa shape index (κ2) is 7.98. The summed E-state index contributed by atoms with van der Waals surface area (Å²) in [6.45, 7) is 4.03. The maximum Gasteiger partial charge on any atom is 0.263 e. The summed E-state index contributed by atoms with van der Waals surface area (Å²) >= 11 is 5.93. The first-order valence-corrected chi connectivity index (χ1v) is 8.67. The van der Waals surface area contributed by atoms with Gasteiger partial charge in [0, 0.05) is 10.6 Å². The summed E-state index contributed by atoms with van der Waals surface area (Å²) in [6.07, 6.45) is 1.56. The van der Waals surface area contributed by atoms with Crippen LogP contribution < -0.4 is 4.90 Å². The normalized spacial score (nSPS) is 10.9. The van der Waals surface area contributed by atoms with Gasteiger partial charge in [0.2, 0.25) is 0 Å². The average molecular weight is 363 g/mol. The third kappa shape index (κ3) is 4.38. The van der Waals surface area contributed by atoms with Gasteiger partial charge in [-0.3, -0.25) is 9.69 Å². The van der Waals surface area contributed by atoms with Gasteiger partial charge < -0.3 is 0 Å². The van der Waals surface area contributed by atoms with E-state index in [-0.39, 0.29) is 5.91 Å². The van der Waals surface area contributed by atoms with Crippen LogP contribution in [-0.4, -0.2) is 12.2 Å². The van der Waals surface area contributed by atoms with E-state index >= 15 is 0 Å². The van der Waals surface area contributed by atoms with E-state index in [1.807, 2.05) is 62.4 Å². The molecule has 3 rings (SSSR count). The number of carbonyl (C=O) groups is 1. The molecule has 1 amide bonds. The quantitative estimate of drug-likeness (QED) is 0.416. The minimum Gasteiger partial charge on any atom is -0.268 e. The van der Waals surface area contributed by atoms with Crippen molar-refractivity contribution in [3.05, 3.63) is 94.5 Å². The Morgan fingerprint density at radius 3 is 1.96 bits per heavy atom. The number of aliphatic imine (C=N–C) groups is 1. The van der Waals surface area contributed by atoms with E-state index in [0.717, 1.165) is 22.5 Å². The molecular formula is C22H19ClN2O. The molecule has 3 aromatic carbocycles. The lowest BCUT2D eigenvalue weighted by atomic mass is 10.1. The van der Waals surface area contributed by atoms with Crippen molar-refractivity contribution in [2.24, 2.45) is 4.99 Å². The molecule has 4 heteroatoms. The zero-order valence-electron chi connectivity index (χ0n) is 14.7. The number of nitrogens with zero attached hydrogens (tertiary/aromatic N) is 2. The van der Waals surface area contributed by atoms with Crippen molar-refractivity contribution in [3.63, 3.8) is 0 Å². The van der Waals surface area contributed by atoms with Gasteiger partial charge in [-0.2, -0.15) is 0 Å². The largest absolute Gasteiger partial charge is 0.268 e. The van der Waals surface area contributed by atoms with Crippen LogP contribution in [0.25, 0.3) is 0 Å². The van der Waals surface area contributed by atoms with Crippen molar-refractivity contribution in [2.75, 3.05) is 4.90 Å². The number of benzene rings is 3. The number of anilines is 1. The molecule has 0 aromatic heterocycles. The topological polar surface area (TPSA) is 32.7 Å². The SMILES string of the molecule is Cc1ccc(N=CN(C(=O)c2ccc(Cl)cc2)c2ccc(C)cc2)cc1. The molecule has 0 saturated heterocycles. The molecule has 0 bridgehead atoms. The molecule has 3 nitrogen and oxygen atoms in total. The molecule has 0 radical (unpaired) electrons. The van der Waals surface area contributed by atoms with E-state index in [0.29, 0.717) is 10.6 Å². The predicted molar refractivity (Wildman–Crippen MR) is 109 cm³/mol. The fraction of sp³-hybridized carbons (Fsp3) is 0.0909. The Bertz CT molecular complexity index is 914. The highest BCUT2D eigenvalue weighted by atomic mass is 35.5. The lowest BCUT2D eigenvalue weighted by molar-refractivity contribution is 0.100. The summed E-state index contributed by atoms with van der Waals surface area (Å²) in [6, 6.07) is 22.4. The number of rotatable bonds is 4. The molecule has 0 atom stereocenters. The van der Waals surface area contributed by atoms with E-state index in [4.69, 9.17) is 11.6 Å².